The highest BCUT2D eigenvalue weighted by molar-refractivity contribution is 9.10. The molecule has 178 valence electrons. The Balaban J connectivity index is 1.75. The van der Waals surface area contributed by atoms with Crippen LogP contribution < -0.4 is 0 Å². The Morgan fingerprint density at radius 3 is 2.12 bits per heavy atom. The normalized spacial score (nSPS) is 17.3. The van der Waals surface area contributed by atoms with E-state index in [9.17, 15) is 23.1 Å². The topological polar surface area (TPSA) is 115 Å². The van der Waals surface area contributed by atoms with Crippen molar-refractivity contribution in [2.24, 2.45) is 0 Å². The standard InChI is InChI=1S/C23H27BrN2O6S/c24-19-9-5-17(6-10-19)18-7-11-20(12-8-18)33(31,32)26-16-22(28)25(15-21(26)23(29)30)13-3-1-2-4-14-27/h5-12,21,27H,1-4,13-16H2,(H,29,30). The molecule has 1 amide bonds. The molecule has 2 N–H and O–H groups in total. The smallest absolute Gasteiger partial charge is 0.323 e. The van der Waals surface area contributed by atoms with Gasteiger partial charge < -0.3 is 15.1 Å². The fourth-order valence-corrected chi connectivity index (χ4v) is 5.57. The lowest BCUT2D eigenvalue weighted by Crippen LogP contribution is -2.60. The van der Waals surface area contributed by atoms with Gasteiger partial charge in [0.1, 0.15) is 6.04 Å². The number of hydrogen-bond donors (Lipinski definition) is 2. The van der Waals surface area contributed by atoms with Crippen LogP contribution in [0.25, 0.3) is 11.1 Å². The molecule has 1 heterocycles. The Morgan fingerprint density at radius 2 is 1.55 bits per heavy atom. The van der Waals surface area contributed by atoms with Crippen molar-refractivity contribution in [2.75, 3.05) is 26.2 Å². The number of unbranched alkanes of at least 4 members (excludes halogenated alkanes) is 3. The Hall–Kier alpha value is -2.27. The van der Waals surface area contributed by atoms with Crippen LogP contribution in [0.15, 0.2) is 57.9 Å². The molecular weight excluding hydrogens is 512 g/mol. The second kappa shape index (κ2) is 11.2. The SMILES string of the molecule is O=C(O)C1CN(CCCCCCO)C(=O)CN1S(=O)(=O)c1ccc(-c2ccc(Br)cc2)cc1. The van der Waals surface area contributed by atoms with E-state index < -0.39 is 34.5 Å². The molecule has 1 unspecified atom stereocenters. The van der Waals surface area contributed by atoms with Gasteiger partial charge >= 0.3 is 5.97 Å². The number of nitrogens with zero attached hydrogens (tertiary/aromatic N) is 2. The molecule has 10 heteroatoms. The summed E-state index contributed by atoms with van der Waals surface area (Å²) in [4.78, 5) is 25.9. The van der Waals surface area contributed by atoms with E-state index in [1.165, 1.54) is 17.0 Å². The number of piperazine rings is 1. The summed E-state index contributed by atoms with van der Waals surface area (Å²) in [6, 6.07) is 12.4. The molecule has 1 aliphatic heterocycles. The van der Waals surface area contributed by atoms with Gasteiger partial charge in [0.05, 0.1) is 11.4 Å². The van der Waals surface area contributed by atoms with Crippen LogP contribution >= 0.6 is 15.9 Å². The second-order valence-corrected chi connectivity index (χ2v) is 10.7. The molecule has 0 aromatic heterocycles. The number of amides is 1. The molecule has 8 nitrogen and oxygen atoms in total. The van der Waals surface area contributed by atoms with E-state index in [1.54, 1.807) is 12.1 Å². The molecular formula is C23H27BrN2O6S. The predicted molar refractivity (Wildman–Crippen MR) is 127 cm³/mol. The second-order valence-electron chi connectivity index (χ2n) is 7.91. The molecule has 33 heavy (non-hydrogen) atoms. The molecule has 3 rings (SSSR count). The summed E-state index contributed by atoms with van der Waals surface area (Å²) in [6.45, 7) is -0.223. The first-order chi connectivity index (χ1) is 15.7. The Kier molecular flexibility index (Phi) is 8.63. The van der Waals surface area contributed by atoms with Crippen LogP contribution in [0.1, 0.15) is 25.7 Å². The van der Waals surface area contributed by atoms with Gasteiger partial charge in [0.15, 0.2) is 0 Å². The first kappa shape index (κ1) is 25.4. The van der Waals surface area contributed by atoms with Gasteiger partial charge in [-0.1, -0.05) is 53.0 Å². The molecule has 0 bridgehead atoms. The van der Waals surface area contributed by atoms with Crippen molar-refractivity contribution in [2.45, 2.75) is 36.6 Å². The summed E-state index contributed by atoms with van der Waals surface area (Å²) in [5, 5.41) is 18.5. The highest BCUT2D eigenvalue weighted by Gasteiger charge is 2.43. The first-order valence-electron chi connectivity index (χ1n) is 10.7. The maximum Gasteiger partial charge on any atom is 0.323 e. The van der Waals surface area contributed by atoms with E-state index in [4.69, 9.17) is 5.11 Å². The molecule has 1 saturated heterocycles. The van der Waals surface area contributed by atoms with Crippen molar-refractivity contribution in [1.82, 2.24) is 9.21 Å². The minimum Gasteiger partial charge on any atom is -0.480 e. The number of carbonyl (C=O) groups excluding carboxylic acids is 1. The minimum absolute atomic E-state index is 0.0557. The lowest BCUT2D eigenvalue weighted by atomic mass is 10.1. The van der Waals surface area contributed by atoms with Gasteiger partial charge in [0, 0.05) is 24.2 Å². The van der Waals surface area contributed by atoms with Gasteiger partial charge in [0.25, 0.3) is 0 Å². The lowest BCUT2D eigenvalue weighted by Gasteiger charge is -2.38. The van der Waals surface area contributed by atoms with E-state index in [-0.39, 0.29) is 18.0 Å². The van der Waals surface area contributed by atoms with Gasteiger partial charge in [-0.3, -0.25) is 9.59 Å². The third kappa shape index (κ3) is 6.20. The number of aliphatic carboxylic acids is 1. The fraction of sp³-hybridized carbons (Fsp3) is 0.391. The highest BCUT2D eigenvalue weighted by Crippen LogP contribution is 2.27. The summed E-state index contributed by atoms with van der Waals surface area (Å²) in [7, 11) is -4.18. The van der Waals surface area contributed by atoms with Gasteiger partial charge in [-0.05, 0) is 48.2 Å². The molecule has 1 fully saturated rings. The van der Waals surface area contributed by atoms with E-state index in [0.29, 0.717) is 19.4 Å². The summed E-state index contributed by atoms with van der Waals surface area (Å²) in [6.07, 6.45) is 2.97. The van der Waals surface area contributed by atoms with Crippen LogP contribution in [0.3, 0.4) is 0 Å². The molecule has 0 saturated carbocycles. The van der Waals surface area contributed by atoms with E-state index >= 15 is 0 Å². The van der Waals surface area contributed by atoms with Gasteiger partial charge in [-0.25, -0.2) is 8.42 Å². The zero-order chi connectivity index (χ0) is 24.0. The van der Waals surface area contributed by atoms with Crippen LogP contribution in [0, 0.1) is 0 Å². The van der Waals surface area contributed by atoms with Crippen LogP contribution in [0.2, 0.25) is 0 Å². The summed E-state index contributed by atoms with van der Waals surface area (Å²) in [5.41, 5.74) is 1.73. The lowest BCUT2D eigenvalue weighted by molar-refractivity contribution is -0.148. The van der Waals surface area contributed by atoms with Crippen LogP contribution in [-0.2, 0) is 19.6 Å². The molecule has 2 aromatic carbocycles. The van der Waals surface area contributed by atoms with Gasteiger partial charge in [-0.15, -0.1) is 0 Å². The molecule has 0 aliphatic carbocycles. The van der Waals surface area contributed by atoms with E-state index in [0.717, 1.165) is 32.7 Å². The monoisotopic (exact) mass is 538 g/mol. The number of rotatable bonds is 10. The van der Waals surface area contributed by atoms with Crippen molar-refractivity contribution in [1.29, 1.82) is 0 Å². The summed E-state index contributed by atoms with van der Waals surface area (Å²) >= 11 is 3.38. The average molecular weight is 539 g/mol. The average Bonchev–Trinajstić information content (AvgIpc) is 2.80. The largest absolute Gasteiger partial charge is 0.480 e. The summed E-state index contributed by atoms with van der Waals surface area (Å²) < 4.78 is 28.2. The first-order valence-corrected chi connectivity index (χ1v) is 13.0. The van der Waals surface area contributed by atoms with Crippen molar-refractivity contribution in [3.63, 3.8) is 0 Å². The molecule has 0 spiro atoms. The quantitative estimate of drug-likeness (QED) is 0.449. The molecule has 0 radical (unpaired) electrons. The maximum atomic E-state index is 13.2. The van der Waals surface area contributed by atoms with Crippen molar-refractivity contribution >= 4 is 37.8 Å². The van der Waals surface area contributed by atoms with Gasteiger partial charge in [0.2, 0.25) is 15.9 Å². The highest BCUT2D eigenvalue weighted by atomic mass is 79.9. The molecule has 1 atom stereocenters. The van der Waals surface area contributed by atoms with E-state index in [1.807, 2.05) is 24.3 Å². The van der Waals surface area contributed by atoms with Crippen molar-refractivity contribution in [3.05, 3.63) is 53.0 Å². The number of carbonyl (C=O) groups is 2. The van der Waals surface area contributed by atoms with Crippen LogP contribution in [-0.4, -0.2) is 72.0 Å². The summed E-state index contributed by atoms with van der Waals surface area (Å²) in [5.74, 6) is -1.70. The number of carboxylic acids is 1. The zero-order valence-electron chi connectivity index (χ0n) is 18.1. The van der Waals surface area contributed by atoms with Crippen LogP contribution in [0.4, 0.5) is 0 Å². The number of halogens is 1. The number of benzene rings is 2. The number of sulfonamides is 1. The fourth-order valence-electron chi connectivity index (χ4n) is 3.78. The number of hydrogen-bond acceptors (Lipinski definition) is 5. The van der Waals surface area contributed by atoms with Gasteiger partial charge in [-0.2, -0.15) is 4.31 Å². The minimum atomic E-state index is -4.18. The molecule has 1 aliphatic rings. The maximum absolute atomic E-state index is 13.2. The third-order valence-corrected chi connectivity index (χ3v) is 8.04. The van der Waals surface area contributed by atoms with E-state index in [2.05, 4.69) is 15.9 Å². The van der Waals surface area contributed by atoms with Crippen molar-refractivity contribution in [3.8, 4) is 11.1 Å². The van der Waals surface area contributed by atoms with Crippen molar-refractivity contribution < 1.29 is 28.2 Å². The third-order valence-electron chi connectivity index (χ3n) is 5.64. The predicted octanol–water partition coefficient (Wildman–Crippen LogP) is 2.95. The number of aliphatic hydroxyl groups is 1. The zero-order valence-corrected chi connectivity index (χ0v) is 20.5. The number of aliphatic hydroxyl groups excluding tert-OH is 1. The Bertz CT molecular complexity index is 1070. The number of carboxylic acid groups (broad SMARTS) is 1. The Morgan fingerprint density at radius 1 is 0.970 bits per heavy atom. The van der Waals surface area contributed by atoms with Crippen LogP contribution in [0.5, 0.6) is 0 Å². The Labute approximate surface area is 202 Å². The molecule has 2 aromatic rings.